The van der Waals surface area contributed by atoms with Gasteiger partial charge in [-0.2, -0.15) is 0 Å². The largest absolute Gasteiger partial charge is 0.480 e. The summed E-state index contributed by atoms with van der Waals surface area (Å²) >= 11 is 6.10. The Hall–Kier alpha value is -1.08. The Morgan fingerprint density at radius 3 is 1.85 bits per heavy atom. The highest BCUT2D eigenvalue weighted by molar-refractivity contribution is 8.23. The molecule has 0 amide bonds. The highest BCUT2D eigenvalue weighted by atomic mass is 32.2. The van der Waals surface area contributed by atoms with Gasteiger partial charge in [-0.3, -0.25) is 0 Å². The van der Waals surface area contributed by atoms with E-state index in [-0.39, 0.29) is 11.8 Å². The van der Waals surface area contributed by atoms with E-state index in [2.05, 4.69) is 5.32 Å². The third-order valence-corrected chi connectivity index (χ3v) is 3.92. The number of carboxylic acids is 3. The first-order valence-electron chi connectivity index (χ1n) is 4.78. The molecule has 1 aliphatic heterocycles. The number of nitrogens with one attached hydrogen (secondary N) is 1. The van der Waals surface area contributed by atoms with Crippen LogP contribution in [0.1, 0.15) is 0 Å². The molecule has 0 aromatic carbocycles. The molecule has 114 valence electrons. The maximum atomic E-state index is 10.2. The molecule has 12 heteroatoms. The van der Waals surface area contributed by atoms with Crippen molar-refractivity contribution >= 4 is 58.0 Å². The average molecular weight is 345 g/mol. The van der Waals surface area contributed by atoms with Gasteiger partial charge in [0.2, 0.25) is 10.9 Å². The molecule has 1 aliphatic rings. The molecule has 1 fully saturated rings. The smallest absolute Gasteiger partial charge is 0.343 e. The van der Waals surface area contributed by atoms with Crippen LogP contribution < -0.4 is 5.32 Å². The first kappa shape index (κ1) is 18.9. The Morgan fingerprint density at radius 1 is 1.20 bits per heavy atom. The van der Waals surface area contributed by atoms with Gasteiger partial charge in [0.25, 0.3) is 0 Å². The number of hydrogen-bond donors (Lipinski definition) is 6. The molecular weight excluding hydrogens is 334 g/mol. The molecule has 6 N–H and O–H groups in total. The van der Waals surface area contributed by atoms with E-state index in [4.69, 9.17) is 37.8 Å². The van der Waals surface area contributed by atoms with Gasteiger partial charge >= 0.3 is 17.9 Å². The lowest BCUT2D eigenvalue weighted by Gasteiger charge is -2.06. The summed E-state index contributed by atoms with van der Waals surface area (Å²) in [5, 5.41) is 44.1. The standard InChI is InChI=1S/C4H5NO2S2.C4H6O6S/c6-3(7)2-1-9-4(8)5-2;5-1(6)3(9)11-4(10)2(7)8/h2H,1H2,(H,5,8)(H,6,7);3-4,9-10H,(H,5,6)(H,7,8). The minimum Gasteiger partial charge on any atom is -0.480 e. The highest BCUT2D eigenvalue weighted by Gasteiger charge is 2.24. The number of aliphatic carboxylic acids is 3. The lowest BCUT2D eigenvalue weighted by molar-refractivity contribution is -0.143. The second-order valence-electron chi connectivity index (χ2n) is 3.15. The number of thiocarbonyl (C=S) groups is 1. The van der Waals surface area contributed by atoms with Crippen LogP contribution in [0.5, 0.6) is 0 Å². The first-order valence-corrected chi connectivity index (χ1v) is 7.12. The molecule has 1 heterocycles. The van der Waals surface area contributed by atoms with Gasteiger partial charge in [0.05, 0.1) is 0 Å². The number of carboxylic acid groups (broad SMARTS) is 3. The van der Waals surface area contributed by atoms with E-state index in [1.165, 1.54) is 11.8 Å². The van der Waals surface area contributed by atoms with E-state index in [0.29, 0.717) is 10.1 Å². The van der Waals surface area contributed by atoms with Crippen LogP contribution in [-0.2, 0) is 14.4 Å². The van der Waals surface area contributed by atoms with Crippen LogP contribution in [0, 0.1) is 0 Å². The fourth-order valence-electron chi connectivity index (χ4n) is 0.756. The van der Waals surface area contributed by atoms with Crippen molar-refractivity contribution in [1.82, 2.24) is 5.32 Å². The maximum Gasteiger partial charge on any atom is 0.343 e. The quantitative estimate of drug-likeness (QED) is 0.255. The Bertz CT molecular complexity index is 385. The monoisotopic (exact) mass is 345 g/mol. The van der Waals surface area contributed by atoms with Gasteiger partial charge in [-0.15, -0.1) is 0 Å². The molecule has 0 spiro atoms. The fourth-order valence-corrected chi connectivity index (χ4v) is 2.35. The van der Waals surface area contributed by atoms with Crippen molar-refractivity contribution in [3.05, 3.63) is 0 Å². The van der Waals surface area contributed by atoms with Crippen LogP contribution >= 0.6 is 35.7 Å². The lowest BCUT2D eigenvalue weighted by Crippen LogP contribution is -2.33. The van der Waals surface area contributed by atoms with E-state index < -0.39 is 34.8 Å². The predicted octanol–water partition coefficient (Wildman–Crippen LogP) is -1.41. The number of hydrogen-bond acceptors (Lipinski definition) is 8. The molecule has 3 atom stereocenters. The summed E-state index contributed by atoms with van der Waals surface area (Å²) in [4.78, 5) is 30.0. The van der Waals surface area contributed by atoms with Gasteiger partial charge in [0.1, 0.15) is 10.4 Å². The van der Waals surface area contributed by atoms with Crippen LogP contribution in [0.4, 0.5) is 0 Å². The molecular formula is C8H11NO8S3. The van der Waals surface area contributed by atoms with Crippen molar-refractivity contribution in [2.24, 2.45) is 0 Å². The van der Waals surface area contributed by atoms with E-state index in [0.717, 1.165) is 0 Å². The van der Waals surface area contributed by atoms with Crippen molar-refractivity contribution in [2.45, 2.75) is 16.9 Å². The molecule has 0 bridgehead atoms. The van der Waals surface area contributed by atoms with Crippen molar-refractivity contribution in [1.29, 1.82) is 0 Å². The van der Waals surface area contributed by atoms with Crippen molar-refractivity contribution in [3.63, 3.8) is 0 Å². The number of thioether (sulfide) groups is 2. The average Bonchev–Trinajstić information content (AvgIpc) is 2.76. The summed E-state index contributed by atoms with van der Waals surface area (Å²) in [6.07, 6.45) is 0. The molecule has 9 nitrogen and oxygen atoms in total. The second kappa shape index (κ2) is 8.97. The number of rotatable bonds is 5. The first-order chi connectivity index (χ1) is 9.15. The molecule has 0 saturated carbocycles. The summed E-state index contributed by atoms with van der Waals surface area (Å²) in [7, 11) is 0. The Morgan fingerprint density at radius 2 is 1.65 bits per heavy atom. The third-order valence-electron chi connectivity index (χ3n) is 1.65. The van der Waals surface area contributed by atoms with Crippen molar-refractivity contribution < 1.29 is 39.9 Å². The predicted molar refractivity (Wildman–Crippen MR) is 74.5 cm³/mol. The highest BCUT2D eigenvalue weighted by Crippen LogP contribution is 2.14. The minimum absolute atomic E-state index is 0.0278. The van der Waals surface area contributed by atoms with Crippen LogP contribution in [0.15, 0.2) is 0 Å². The van der Waals surface area contributed by atoms with Gasteiger partial charge in [-0.05, 0) is 0 Å². The van der Waals surface area contributed by atoms with Gasteiger partial charge in [0, 0.05) is 5.75 Å². The van der Waals surface area contributed by atoms with E-state index >= 15 is 0 Å². The molecule has 0 aliphatic carbocycles. The molecule has 20 heavy (non-hydrogen) atoms. The SMILES string of the molecule is O=C(O)C(O)SC(O)C(=O)O.O=C(O)C1CSC(=S)N1. The lowest BCUT2D eigenvalue weighted by atomic mass is 10.4. The van der Waals surface area contributed by atoms with Crippen LogP contribution in [0.25, 0.3) is 0 Å². The zero-order valence-corrected chi connectivity index (χ0v) is 12.1. The zero-order chi connectivity index (χ0) is 15.9. The van der Waals surface area contributed by atoms with Gasteiger partial charge < -0.3 is 30.8 Å². The second-order valence-corrected chi connectivity index (χ2v) is 6.01. The summed E-state index contributed by atoms with van der Waals surface area (Å²) in [6.45, 7) is 0. The molecule has 0 aromatic rings. The molecule has 1 saturated heterocycles. The van der Waals surface area contributed by atoms with E-state index in [9.17, 15) is 14.4 Å². The Labute approximate surface area is 126 Å². The van der Waals surface area contributed by atoms with E-state index in [1.54, 1.807) is 0 Å². The number of aliphatic hydroxyl groups is 2. The number of carbonyl (C=O) groups is 3. The van der Waals surface area contributed by atoms with Crippen LogP contribution in [0.3, 0.4) is 0 Å². The van der Waals surface area contributed by atoms with Crippen molar-refractivity contribution in [2.75, 3.05) is 5.75 Å². The van der Waals surface area contributed by atoms with Gasteiger partial charge in [-0.1, -0.05) is 35.7 Å². The van der Waals surface area contributed by atoms with Gasteiger partial charge in [0.15, 0.2) is 0 Å². The Balaban J connectivity index is 0.000000367. The van der Waals surface area contributed by atoms with E-state index in [1.807, 2.05) is 0 Å². The maximum absolute atomic E-state index is 10.2. The number of aliphatic hydroxyl groups excluding tert-OH is 2. The summed E-state index contributed by atoms with van der Waals surface area (Å²) in [5.41, 5.74) is -3.83. The van der Waals surface area contributed by atoms with Gasteiger partial charge in [-0.25, -0.2) is 14.4 Å². The molecule has 1 rings (SSSR count). The zero-order valence-electron chi connectivity index (χ0n) is 9.62. The fraction of sp³-hybridized carbons (Fsp3) is 0.500. The molecule has 3 unspecified atom stereocenters. The normalized spacial score (nSPS) is 20.1. The molecule has 0 aromatic heterocycles. The summed E-state index contributed by atoms with van der Waals surface area (Å²) in [5.74, 6) is -3.46. The minimum atomic E-state index is -1.92. The summed E-state index contributed by atoms with van der Waals surface area (Å²) < 4.78 is 0.586. The third kappa shape index (κ3) is 7.49. The Kier molecular flexibility index (Phi) is 8.48. The molecule has 0 radical (unpaired) electrons. The van der Waals surface area contributed by atoms with Crippen molar-refractivity contribution in [3.8, 4) is 0 Å². The summed E-state index contributed by atoms with van der Waals surface area (Å²) in [6, 6.07) is -0.470. The topological polar surface area (TPSA) is 164 Å². The van der Waals surface area contributed by atoms with Crippen LogP contribution in [-0.4, -0.2) is 70.4 Å². The van der Waals surface area contributed by atoms with Crippen LogP contribution in [0.2, 0.25) is 0 Å².